The summed E-state index contributed by atoms with van der Waals surface area (Å²) in [6.45, 7) is 1.09. The minimum Gasteiger partial charge on any atom is -0.482 e. The molecule has 0 aliphatic carbocycles. The summed E-state index contributed by atoms with van der Waals surface area (Å²) < 4.78 is 5.06. The first kappa shape index (κ1) is 14.6. The van der Waals surface area contributed by atoms with Gasteiger partial charge in [0, 0.05) is 30.5 Å². The molecule has 1 aromatic carbocycles. The molecule has 110 valence electrons. The molecule has 0 aromatic heterocycles. The van der Waals surface area contributed by atoms with Crippen LogP contribution in [-0.2, 0) is 14.4 Å². The zero-order valence-electron chi connectivity index (χ0n) is 11.3. The number of amides is 2. The van der Waals surface area contributed by atoms with Gasteiger partial charge < -0.3 is 15.2 Å². The average molecular weight is 290 g/mol. The summed E-state index contributed by atoms with van der Waals surface area (Å²) in [5, 5.41) is 11.6. The van der Waals surface area contributed by atoms with Gasteiger partial charge in [0.25, 0.3) is 5.91 Å². The number of ether oxygens (including phenoxy) is 1. The van der Waals surface area contributed by atoms with E-state index in [9.17, 15) is 14.4 Å². The molecule has 0 atom stereocenters. The Morgan fingerprint density at radius 3 is 2.81 bits per heavy atom. The van der Waals surface area contributed by atoms with Crippen LogP contribution in [0.2, 0.25) is 0 Å². The Morgan fingerprint density at radius 2 is 2.19 bits per heavy atom. The Hall–Kier alpha value is -2.83. The number of rotatable bonds is 5. The van der Waals surface area contributed by atoms with E-state index in [0.717, 1.165) is 4.90 Å². The van der Waals surface area contributed by atoms with Crippen molar-refractivity contribution in [2.75, 3.05) is 18.5 Å². The van der Waals surface area contributed by atoms with Crippen molar-refractivity contribution in [3.05, 3.63) is 36.0 Å². The summed E-state index contributed by atoms with van der Waals surface area (Å²) in [6.07, 6.45) is 1.35. The van der Waals surface area contributed by atoms with E-state index in [1.165, 1.54) is 13.0 Å². The smallest absolute Gasteiger partial charge is 0.341 e. The molecule has 0 spiro atoms. The summed E-state index contributed by atoms with van der Waals surface area (Å²) in [7, 11) is 0. The Balaban J connectivity index is 2.02. The molecule has 2 N–H and O–H groups in total. The van der Waals surface area contributed by atoms with Gasteiger partial charge in [0.2, 0.25) is 5.91 Å². The number of aliphatic carboxylic acids is 1. The lowest BCUT2D eigenvalue weighted by Gasteiger charge is -2.13. The van der Waals surface area contributed by atoms with Crippen molar-refractivity contribution < 1.29 is 24.2 Å². The van der Waals surface area contributed by atoms with Crippen LogP contribution in [0.5, 0.6) is 5.75 Å². The quantitative estimate of drug-likeness (QED) is 0.834. The lowest BCUT2D eigenvalue weighted by molar-refractivity contribution is -0.140. The molecule has 0 bridgehead atoms. The van der Waals surface area contributed by atoms with E-state index in [1.807, 2.05) is 0 Å². The molecule has 0 fully saturated rings. The summed E-state index contributed by atoms with van der Waals surface area (Å²) in [5.74, 6) is -1.33. The Labute approximate surface area is 120 Å². The third kappa shape index (κ3) is 3.82. The van der Waals surface area contributed by atoms with Gasteiger partial charge in [-0.2, -0.15) is 0 Å². The predicted molar refractivity (Wildman–Crippen MR) is 73.7 cm³/mol. The molecule has 0 unspecified atom stereocenters. The fraction of sp³-hybridized carbons (Fsp3) is 0.214. The molecule has 21 heavy (non-hydrogen) atoms. The van der Waals surface area contributed by atoms with E-state index in [0.29, 0.717) is 17.1 Å². The monoisotopic (exact) mass is 290 g/mol. The number of anilines is 1. The van der Waals surface area contributed by atoms with Crippen molar-refractivity contribution in [3.8, 4) is 5.75 Å². The van der Waals surface area contributed by atoms with Crippen molar-refractivity contribution in [2.45, 2.75) is 6.92 Å². The zero-order chi connectivity index (χ0) is 15.4. The number of hydrogen-bond acceptors (Lipinski definition) is 5. The van der Waals surface area contributed by atoms with E-state index in [4.69, 9.17) is 9.84 Å². The maximum Gasteiger partial charge on any atom is 0.341 e. The third-order valence-electron chi connectivity index (χ3n) is 2.77. The van der Waals surface area contributed by atoms with Crippen LogP contribution in [-0.4, -0.2) is 40.9 Å². The second kappa shape index (κ2) is 6.08. The summed E-state index contributed by atoms with van der Waals surface area (Å²) >= 11 is 0. The molecule has 0 radical (unpaired) electrons. The third-order valence-corrected chi connectivity index (χ3v) is 2.77. The van der Waals surface area contributed by atoms with E-state index in [1.54, 1.807) is 24.3 Å². The van der Waals surface area contributed by atoms with Crippen molar-refractivity contribution in [1.29, 1.82) is 0 Å². The number of nitrogens with zero attached hydrogens (tertiary/aromatic N) is 1. The maximum absolute atomic E-state index is 11.6. The number of benzene rings is 1. The zero-order valence-corrected chi connectivity index (χ0v) is 11.3. The molecule has 1 aliphatic rings. The Morgan fingerprint density at radius 1 is 1.43 bits per heavy atom. The van der Waals surface area contributed by atoms with Gasteiger partial charge in [-0.05, 0) is 12.1 Å². The highest BCUT2D eigenvalue weighted by molar-refractivity contribution is 6.03. The molecule has 0 saturated carbocycles. The standard InChI is InChI=1S/C14H14N2O5/c1-9(17)16-7-11(6-13(16)18)15-10-3-2-4-12(5-10)21-8-14(19)20/h2-6,15H,7-8H2,1H3,(H,19,20). The first-order chi connectivity index (χ1) is 9.95. The molecule has 1 heterocycles. The molecular weight excluding hydrogens is 276 g/mol. The number of hydrogen-bond donors (Lipinski definition) is 2. The van der Waals surface area contributed by atoms with Gasteiger partial charge in [0.05, 0.1) is 6.54 Å². The molecule has 2 amide bonds. The van der Waals surface area contributed by atoms with Crippen molar-refractivity contribution >= 4 is 23.5 Å². The van der Waals surface area contributed by atoms with Crippen LogP contribution < -0.4 is 10.1 Å². The van der Waals surface area contributed by atoms with Gasteiger partial charge in [0.1, 0.15) is 5.75 Å². The van der Waals surface area contributed by atoms with Gasteiger partial charge in [0.15, 0.2) is 6.61 Å². The van der Waals surface area contributed by atoms with E-state index >= 15 is 0 Å². The lowest BCUT2D eigenvalue weighted by Crippen LogP contribution is -2.31. The second-order valence-corrected chi connectivity index (χ2v) is 4.45. The van der Waals surface area contributed by atoms with Crippen molar-refractivity contribution in [1.82, 2.24) is 4.90 Å². The van der Waals surface area contributed by atoms with Crippen molar-refractivity contribution in [3.63, 3.8) is 0 Å². The SMILES string of the molecule is CC(=O)N1CC(Nc2cccc(OCC(=O)O)c2)=CC1=O. The highest BCUT2D eigenvalue weighted by Crippen LogP contribution is 2.20. The van der Waals surface area contributed by atoms with Crippen molar-refractivity contribution in [2.24, 2.45) is 0 Å². The van der Waals surface area contributed by atoms with E-state index < -0.39 is 12.6 Å². The van der Waals surface area contributed by atoms with Crippen LogP contribution in [0.3, 0.4) is 0 Å². The van der Waals surface area contributed by atoms with Gasteiger partial charge in [-0.1, -0.05) is 6.07 Å². The average Bonchev–Trinajstić information content (AvgIpc) is 2.78. The number of carbonyl (C=O) groups is 3. The van der Waals surface area contributed by atoms with Crippen LogP contribution >= 0.6 is 0 Å². The summed E-state index contributed by atoms with van der Waals surface area (Å²) in [5.41, 5.74) is 1.23. The van der Waals surface area contributed by atoms with Crippen LogP contribution in [0.1, 0.15) is 6.92 Å². The van der Waals surface area contributed by atoms with Gasteiger partial charge in [-0.3, -0.25) is 14.5 Å². The lowest BCUT2D eigenvalue weighted by atomic mass is 10.3. The fourth-order valence-corrected chi connectivity index (χ4v) is 1.86. The number of carboxylic acids is 1. The summed E-state index contributed by atoms with van der Waals surface area (Å²) in [6, 6.07) is 6.68. The highest BCUT2D eigenvalue weighted by Gasteiger charge is 2.24. The second-order valence-electron chi connectivity index (χ2n) is 4.45. The van der Waals surface area contributed by atoms with E-state index in [-0.39, 0.29) is 18.4 Å². The number of nitrogens with one attached hydrogen (secondary N) is 1. The highest BCUT2D eigenvalue weighted by atomic mass is 16.5. The Kier molecular flexibility index (Phi) is 4.22. The molecule has 7 heteroatoms. The van der Waals surface area contributed by atoms with Gasteiger partial charge in [-0.15, -0.1) is 0 Å². The van der Waals surface area contributed by atoms with E-state index in [2.05, 4.69) is 5.32 Å². The van der Waals surface area contributed by atoms with Crippen LogP contribution in [0.4, 0.5) is 5.69 Å². The maximum atomic E-state index is 11.6. The molecule has 0 saturated heterocycles. The first-order valence-electron chi connectivity index (χ1n) is 6.20. The number of carboxylic acid groups (broad SMARTS) is 1. The minimum absolute atomic E-state index is 0.189. The summed E-state index contributed by atoms with van der Waals surface area (Å²) in [4.78, 5) is 34.4. The van der Waals surface area contributed by atoms with Crippen LogP contribution in [0.25, 0.3) is 0 Å². The van der Waals surface area contributed by atoms with Crippen LogP contribution in [0.15, 0.2) is 36.0 Å². The molecule has 1 aromatic rings. The van der Waals surface area contributed by atoms with Gasteiger partial charge >= 0.3 is 5.97 Å². The minimum atomic E-state index is -1.06. The fourth-order valence-electron chi connectivity index (χ4n) is 1.86. The predicted octanol–water partition coefficient (Wildman–Crippen LogP) is 0.834. The molecule has 1 aliphatic heterocycles. The molecule has 7 nitrogen and oxygen atoms in total. The molecule has 2 rings (SSSR count). The number of carbonyl (C=O) groups excluding carboxylic acids is 2. The van der Waals surface area contributed by atoms with Crippen LogP contribution in [0, 0.1) is 0 Å². The number of imide groups is 1. The largest absolute Gasteiger partial charge is 0.482 e. The topological polar surface area (TPSA) is 95.9 Å². The normalized spacial score (nSPS) is 13.9. The first-order valence-corrected chi connectivity index (χ1v) is 6.20. The van der Waals surface area contributed by atoms with Gasteiger partial charge in [-0.25, -0.2) is 4.79 Å². The molecular formula is C14H14N2O5. The Bertz CT molecular complexity index is 624.